The molecule has 0 aliphatic carbocycles. The van der Waals surface area contributed by atoms with Gasteiger partial charge in [0.2, 0.25) is 5.75 Å². The van der Waals surface area contributed by atoms with Gasteiger partial charge in [0.05, 0.1) is 10.3 Å². The molecule has 1 radical (unpaired) electrons. The summed E-state index contributed by atoms with van der Waals surface area (Å²) in [5.41, 5.74) is 0.872. The Morgan fingerprint density at radius 3 is 2.41 bits per heavy atom. The average Bonchev–Trinajstić information content (AvgIpc) is 3.08. The number of nitrogens with zero attached hydrogens (tertiary/aromatic N) is 2. The first-order chi connectivity index (χ1) is 12.9. The van der Waals surface area contributed by atoms with Crippen molar-refractivity contribution in [2.75, 3.05) is 18.0 Å². The zero-order valence-electron chi connectivity index (χ0n) is 14.5. The van der Waals surface area contributed by atoms with Crippen LogP contribution in [0.15, 0.2) is 42.5 Å². The van der Waals surface area contributed by atoms with Crippen LogP contribution < -0.4 is 4.90 Å². The highest BCUT2D eigenvalue weighted by molar-refractivity contribution is 7.22. The molecule has 0 bridgehead atoms. The van der Waals surface area contributed by atoms with E-state index in [0.29, 0.717) is 11.4 Å². The molecule has 0 saturated carbocycles. The van der Waals surface area contributed by atoms with Crippen LogP contribution in [-0.2, 0) is 17.7 Å². The molecular weight excluding hydrogens is 373 g/mol. The second-order valence-electron chi connectivity index (χ2n) is 6.93. The van der Waals surface area contributed by atoms with Crippen molar-refractivity contribution in [3.05, 3.63) is 53.6 Å². The van der Waals surface area contributed by atoms with Crippen LogP contribution in [0.1, 0.15) is 24.0 Å². The number of hydrogen-bond acceptors (Lipinski definition) is 3. The molecule has 0 N–H and O–H groups in total. The Balaban J connectivity index is 1.38. The highest BCUT2D eigenvalue weighted by Crippen LogP contribution is 2.36. The van der Waals surface area contributed by atoms with E-state index < -0.39 is 11.7 Å². The third kappa shape index (κ3) is 3.88. The largest absolute Gasteiger partial charge is 0.416 e. The predicted molar refractivity (Wildman–Crippen MR) is 99.8 cm³/mol. The first-order valence-electron chi connectivity index (χ1n) is 8.88. The zero-order valence-corrected chi connectivity index (χ0v) is 15.3. The molecule has 27 heavy (non-hydrogen) atoms. The molecule has 1 aromatic heterocycles. The van der Waals surface area contributed by atoms with Crippen molar-refractivity contribution in [3.8, 4) is 5.75 Å². The number of rotatable bonds is 3. The topological polar surface area (TPSA) is 36.0 Å². The summed E-state index contributed by atoms with van der Waals surface area (Å²) in [5.74, 6) is 0.398. The highest BCUT2D eigenvalue weighted by Gasteiger charge is 2.30. The molecule has 3 aromatic rings. The van der Waals surface area contributed by atoms with Gasteiger partial charge in [-0.25, -0.2) is 4.98 Å². The summed E-state index contributed by atoms with van der Waals surface area (Å²) in [4.78, 5) is 6.70. The van der Waals surface area contributed by atoms with E-state index in [4.69, 9.17) is 0 Å². The van der Waals surface area contributed by atoms with Gasteiger partial charge in [-0.1, -0.05) is 29.5 Å². The van der Waals surface area contributed by atoms with E-state index in [1.165, 1.54) is 17.4 Å². The maximum Gasteiger partial charge on any atom is 0.416 e. The van der Waals surface area contributed by atoms with Crippen LogP contribution in [0.25, 0.3) is 10.2 Å². The zero-order chi connectivity index (χ0) is 19.0. The Morgan fingerprint density at radius 2 is 1.78 bits per heavy atom. The van der Waals surface area contributed by atoms with E-state index in [9.17, 15) is 18.3 Å². The van der Waals surface area contributed by atoms with E-state index >= 15 is 0 Å². The van der Waals surface area contributed by atoms with Crippen LogP contribution in [0.4, 0.5) is 18.3 Å². The molecule has 141 valence electrons. The van der Waals surface area contributed by atoms with Crippen LogP contribution in [0, 0.1) is 5.92 Å². The van der Waals surface area contributed by atoms with Gasteiger partial charge in [-0.15, -0.1) is 0 Å². The first kappa shape index (κ1) is 18.1. The number of benzene rings is 2. The second kappa shape index (κ2) is 7.03. The standard InChI is InChI=1S/C20H18F3N2OS/c21-20(22,23)15-6-4-13(5-7-15)12-14-8-10-25(11-9-14)19-24-18-16(26)2-1-3-17(18)27-19/h1-7,14H,8-12H2. The third-order valence-electron chi connectivity index (χ3n) is 5.06. The Kier molecular flexibility index (Phi) is 4.72. The molecule has 4 rings (SSSR count). The summed E-state index contributed by atoms with van der Waals surface area (Å²) < 4.78 is 38.9. The average molecular weight is 391 g/mol. The van der Waals surface area contributed by atoms with Crippen molar-refractivity contribution in [1.29, 1.82) is 0 Å². The maximum absolute atomic E-state index is 12.7. The molecule has 7 heteroatoms. The van der Waals surface area contributed by atoms with Gasteiger partial charge in [0.25, 0.3) is 0 Å². The molecule has 0 atom stereocenters. The fraction of sp³-hybridized carbons (Fsp3) is 0.350. The molecule has 1 fully saturated rings. The molecule has 0 spiro atoms. The monoisotopic (exact) mass is 391 g/mol. The summed E-state index contributed by atoms with van der Waals surface area (Å²) in [6, 6.07) is 10.7. The van der Waals surface area contributed by atoms with Crippen LogP contribution in [0.5, 0.6) is 5.75 Å². The number of alkyl halides is 3. The van der Waals surface area contributed by atoms with Gasteiger partial charge in [-0.05, 0) is 55.0 Å². The smallest absolute Gasteiger partial charge is 0.348 e. The van der Waals surface area contributed by atoms with E-state index in [1.54, 1.807) is 18.2 Å². The van der Waals surface area contributed by atoms with Gasteiger partial charge >= 0.3 is 6.18 Å². The van der Waals surface area contributed by atoms with Gasteiger partial charge in [0.1, 0.15) is 5.52 Å². The summed E-state index contributed by atoms with van der Waals surface area (Å²) in [7, 11) is 0. The van der Waals surface area contributed by atoms with Crippen molar-refractivity contribution < 1.29 is 18.3 Å². The normalized spacial score (nSPS) is 16.2. The number of thiazole rings is 1. The molecule has 2 aromatic carbocycles. The minimum absolute atomic E-state index is 0.0489. The summed E-state index contributed by atoms with van der Waals surface area (Å²) in [6.45, 7) is 1.69. The lowest BCUT2D eigenvalue weighted by atomic mass is 9.90. The van der Waals surface area contributed by atoms with Crippen LogP contribution in [0.3, 0.4) is 0 Å². The predicted octanol–water partition coefficient (Wildman–Crippen LogP) is 5.92. The summed E-state index contributed by atoms with van der Waals surface area (Å²) in [6.07, 6.45) is -1.58. The van der Waals surface area contributed by atoms with Crippen molar-refractivity contribution in [2.24, 2.45) is 5.92 Å². The quantitative estimate of drug-likeness (QED) is 0.556. The van der Waals surface area contributed by atoms with E-state index in [2.05, 4.69) is 9.88 Å². The van der Waals surface area contributed by atoms with Gasteiger partial charge in [-0.3, -0.25) is 5.11 Å². The number of anilines is 1. The van der Waals surface area contributed by atoms with E-state index in [0.717, 1.165) is 59.9 Å². The second-order valence-corrected chi connectivity index (χ2v) is 7.94. The van der Waals surface area contributed by atoms with Gasteiger partial charge < -0.3 is 4.90 Å². The van der Waals surface area contributed by atoms with Gasteiger partial charge in [-0.2, -0.15) is 13.2 Å². The molecular formula is C20H18F3N2OS. The van der Waals surface area contributed by atoms with Crippen LogP contribution in [0.2, 0.25) is 0 Å². The number of aromatic nitrogens is 1. The van der Waals surface area contributed by atoms with Gasteiger partial charge in [0.15, 0.2) is 5.13 Å². The number of fused-ring (bicyclic) bond motifs is 1. The van der Waals surface area contributed by atoms with E-state index in [1.807, 2.05) is 6.07 Å². The molecule has 3 nitrogen and oxygen atoms in total. The van der Waals surface area contributed by atoms with Crippen LogP contribution >= 0.6 is 11.3 Å². The molecule has 1 aliphatic heterocycles. The lowest BCUT2D eigenvalue weighted by molar-refractivity contribution is -0.137. The minimum Gasteiger partial charge on any atom is -0.348 e. The first-order valence-corrected chi connectivity index (χ1v) is 9.69. The molecule has 0 unspecified atom stereocenters. The van der Waals surface area contributed by atoms with Gasteiger partial charge in [0, 0.05) is 13.1 Å². The summed E-state index contributed by atoms with van der Waals surface area (Å²) >= 11 is 1.54. The SMILES string of the molecule is [O]c1cccc2sc(N3CCC(Cc4ccc(C(F)(F)F)cc4)CC3)nc12. The molecule has 2 heterocycles. The Labute approximate surface area is 159 Å². The lowest BCUT2D eigenvalue weighted by Crippen LogP contribution is -2.34. The summed E-state index contributed by atoms with van der Waals surface area (Å²) in [5, 5.41) is 12.7. The molecule has 1 saturated heterocycles. The fourth-order valence-corrected chi connectivity index (χ4v) is 4.57. The van der Waals surface area contributed by atoms with Crippen molar-refractivity contribution >= 4 is 26.7 Å². The van der Waals surface area contributed by atoms with Crippen LogP contribution in [-0.4, -0.2) is 18.1 Å². The lowest BCUT2D eigenvalue weighted by Gasteiger charge is -2.31. The fourth-order valence-electron chi connectivity index (χ4n) is 3.54. The van der Waals surface area contributed by atoms with E-state index in [-0.39, 0.29) is 5.75 Å². The number of piperidine rings is 1. The number of para-hydroxylation sites is 1. The Morgan fingerprint density at radius 1 is 1.07 bits per heavy atom. The minimum atomic E-state index is -4.29. The highest BCUT2D eigenvalue weighted by atomic mass is 32.1. The Hall–Kier alpha value is -2.28. The maximum atomic E-state index is 12.7. The van der Waals surface area contributed by atoms with Crippen molar-refractivity contribution in [3.63, 3.8) is 0 Å². The molecule has 1 aliphatic rings. The number of hydrogen-bond donors (Lipinski definition) is 0. The molecule has 0 amide bonds. The third-order valence-corrected chi connectivity index (χ3v) is 6.14. The number of halogens is 3. The van der Waals surface area contributed by atoms with Crippen molar-refractivity contribution in [1.82, 2.24) is 4.98 Å². The Bertz CT molecular complexity index is 929. The van der Waals surface area contributed by atoms with Crippen molar-refractivity contribution in [2.45, 2.75) is 25.4 Å².